The zero-order valence-corrected chi connectivity index (χ0v) is 6.85. The second-order valence-corrected chi connectivity index (χ2v) is 2.66. The van der Waals surface area contributed by atoms with Crippen LogP contribution in [0.1, 0.15) is 20.3 Å². The average molecular weight is 166 g/mol. The monoisotopic (exact) mass is 165 g/mol. The van der Waals surface area contributed by atoms with E-state index in [9.17, 15) is 0 Å². The molecule has 0 aromatic heterocycles. The standard InChI is InChI=1S/C6H12ClNO2/c1-4(2)3-5(8)6(9)10-7/h4,9H,3,8H2,1-2H3/b6-5-. The Bertz CT molecular complexity index is 134. The molecule has 0 aliphatic rings. The van der Waals surface area contributed by atoms with E-state index in [0.717, 1.165) is 0 Å². The van der Waals surface area contributed by atoms with Crippen LogP contribution in [0.5, 0.6) is 0 Å². The molecule has 0 spiro atoms. The van der Waals surface area contributed by atoms with Gasteiger partial charge in [-0.3, -0.25) is 0 Å². The van der Waals surface area contributed by atoms with Gasteiger partial charge in [-0.2, -0.15) is 0 Å². The Morgan fingerprint density at radius 1 is 1.70 bits per heavy atom. The van der Waals surface area contributed by atoms with Gasteiger partial charge >= 0.3 is 5.95 Å². The van der Waals surface area contributed by atoms with Crippen LogP contribution in [0.15, 0.2) is 11.6 Å². The lowest BCUT2D eigenvalue weighted by molar-refractivity contribution is 0.213. The maximum atomic E-state index is 8.78. The summed E-state index contributed by atoms with van der Waals surface area (Å²) >= 11 is 4.84. The lowest BCUT2D eigenvalue weighted by Gasteiger charge is -2.04. The minimum absolute atomic E-state index is 0.282. The van der Waals surface area contributed by atoms with Crippen LogP contribution >= 0.6 is 11.9 Å². The summed E-state index contributed by atoms with van der Waals surface area (Å²) in [4.78, 5) is 0. The van der Waals surface area contributed by atoms with Gasteiger partial charge in [0.2, 0.25) is 0 Å². The Labute approximate surface area is 65.6 Å². The highest BCUT2D eigenvalue weighted by molar-refractivity contribution is 6.07. The fraction of sp³-hybridized carbons (Fsp3) is 0.667. The van der Waals surface area contributed by atoms with Crippen LogP contribution in [-0.4, -0.2) is 5.11 Å². The predicted octanol–water partition coefficient (Wildman–Crippen LogP) is 1.89. The number of halogens is 1. The number of allylic oxidation sites excluding steroid dienone is 1. The van der Waals surface area contributed by atoms with Crippen molar-refractivity contribution < 1.29 is 9.40 Å². The van der Waals surface area contributed by atoms with E-state index in [0.29, 0.717) is 12.3 Å². The molecule has 0 heterocycles. The maximum Gasteiger partial charge on any atom is 0.316 e. The quantitative estimate of drug-likeness (QED) is 0.628. The second kappa shape index (κ2) is 4.28. The van der Waals surface area contributed by atoms with Crippen molar-refractivity contribution in [2.45, 2.75) is 20.3 Å². The van der Waals surface area contributed by atoms with Gasteiger partial charge in [-0.05, 0) is 12.3 Å². The third-order valence-electron chi connectivity index (χ3n) is 0.976. The van der Waals surface area contributed by atoms with Crippen molar-refractivity contribution in [1.82, 2.24) is 0 Å². The molecule has 3 nitrogen and oxygen atoms in total. The predicted molar refractivity (Wildman–Crippen MR) is 40.2 cm³/mol. The molecule has 4 heteroatoms. The molecule has 3 N–H and O–H groups in total. The van der Waals surface area contributed by atoms with Gasteiger partial charge < -0.3 is 15.1 Å². The third-order valence-corrected chi connectivity index (χ3v) is 1.12. The number of aliphatic hydroxyl groups is 1. The number of nitrogens with two attached hydrogens (primary N) is 1. The van der Waals surface area contributed by atoms with Gasteiger partial charge in [0.05, 0.1) is 5.70 Å². The Balaban J connectivity index is 3.92. The number of aliphatic hydroxyl groups excluding tert-OH is 1. The van der Waals surface area contributed by atoms with Gasteiger partial charge in [0, 0.05) is 0 Å². The molecule has 10 heavy (non-hydrogen) atoms. The van der Waals surface area contributed by atoms with Crippen LogP contribution < -0.4 is 5.73 Å². The largest absolute Gasteiger partial charge is 0.479 e. The molecule has 0 radical (unpaired) electrons. The van der Waals surface area contributed by atoms with Gasteiger partial charge in [-0.15, -0.1) is 0 Å². The smallest absolute Gasteiger partial charge is 0.316 e. The maximum absolute atomic E-state index is 8.78. The minimum Gasteiger partial charge on any atom is -0.479 e. The van der Waals surface area contributed by atoms with E-state index in [1.54, 1.807) is 0 Å². The van der Waals surface area contributed by atoms with E-state index in [-0.39, 0.29) is 5.70 Å². The summed E-state index contributed by atoms with van der Waals surface area (Å²) in [7, 11) is 0. The lowest BCUT2D eigenvalue weighted by Crippen LogP contribution is -2.05. The van der Waals surface area contributed by atoms with E-state index in [1.165, 1.54) is 0 Å². The summed E-state index contributed by atoms with van der Waals surface area (Å²) in [5, 5.41) is 8.78. The van der Waals surface area contributed by atoms with Gasteiger partial charge in [-0.1, -0.05) is 13.8 Å². The SMILES string of the molecule is CC(C)C/C(N)=C(\O)OCl. The molecular formula is C6H12ClNO2. The minimum atomic E-state index is -0.393. The van der Waals surface area contributed by atoms with Gasteiger partial charge in [0.15, 0.2) is 0 Å². The average Bonchev–Trinajstić information content (AvgIpc) is 1.85. The summed E-state index contributed by atoms with van der Waals surface area (Å²) < 4.78 is 4.00. The van der Waals surface area contributed by atoms with Crippen molar-refractivity contribution in [1.29, 1.82) is 0 Å². The highest BCUT2D eigenvalue weighted by Gasteiger charge is 2.03. The molecule has 0 aromatic rings. The highest BCUT2D eigenvalue weighted by Crippen LogP contribution is 2.09. The fourth-order valence-electron chi connectivity index (χ4n) is 0.577. The van der Waals surface area contributed by atoms with Crippen molar-refractivity contribution in [3.63, 3.8) is 0 Å². The van der Waals surface area contributed by atoms with Crippen molar-refractivity contribution >= 4 is 11.9 Å². The van der Waals surface area contributed by atoms with Crippen molar-refractivity contribution in [2.24, 2.45) is 11.7 Å². The second-order valence-electron chi connectivity index (χ2n) is 2.51. The summed E-state index contributed by atoms with van der Waals surface area (Å²) in [5.74, 6) is -0.00988. The molecule has 0 aromatic carbocycles. The number of hydrogen-bond acceptors (Lipinski definition) is 3. The molecule has 0 amide bonds. The van der Waals surface area contributed by atoms with Gasteiger partial charge in [-0.25, -0.2) is 0 Å². The molecule has 0 rings (SSSR count). The van der Waals surface area contributed by atoms with E-state index in [2.05, 4.69) is 4.29 Å². The molecule has 60 valence electrons. The third kappa shape index (κ3) is 3.45. The van der Waals surface area contributed by atoms with Crippen LogP contribution in [0.3, 0.4) is 0 Å². The first kappa shape index (κ1) is 9.43. The number of rotatable bonds is 3. The van der Waals surface area contributed by atoms with Crippen LogP contribution in [0.4, 0.5) is 0 Å². The fourth-order valence-corrected chi connectivity index (χ4v) is 0.676. The Morgan fingerprint density at radius 2 is 2.20 bits per heavy atom. The zero-order valence-electron chi connectivity index (χ0n) is 6.10. The van der Waals surface area contributed by atoms with Crippen molar-refractivity contribution in [3.8, 4) is 0 Å². The zero-order chi connectivity index (χ0) is 8.15. The molecule has 0 unspecified atom stereocenters. The first-order valence-electron chi connectivity index (χ1n) is 3.04. The van der Waals surface area contributed by atoms with Crippen molar-refractivity contribution in [3.05, 3.63) is 11.6 Å². The summed E-state index contributed by atoms with van der Waals surface area (Å²) in [6.45, 7) is 3.96. The summed E-state index contributed by atoms with van der Waals surface area (Å²) in [5.41, 5.74) is 5.63. The van der Waals surface area contributed by atoms with Crippen LogP contribution in [-0.2, 0) is 4.29 Å². The van der Waals surface area contributed by atoms with Crippen LogP contribution in [0, 0.1) is 5.92 Å². The van der Waals surface area contributed by atoms with E-state index >= 15 is 0 Å². The van der Waals surface area contributed by atoms with Crippen LogP contribution in [0.25, 0.3) is 0 Å². The normalized spacial score (nSPS) is 13.2. The van der Waals surface area contributed by atoms with Gasteiger partial charge in [0.1, 0.15) is 11.9 Å². The first-order valence-corrected chi connectivity index (χ1v) is 3.35. The Hall–Kier alpha value is -0.570. The molecule has 0 saturated carbocycles. The molecule has 0 aliphatic heterocycles. The van der Waals surface area contributed by atoms with E-state index < -0.39 is 5.95 Å². The lowest BCUT2D eigenvalue weighted by atomic mass is 10.1. The van der Waals surface area contributed by atoms with E-state index in [1.807, 2.05) is 13.8 Å². The molecule has 0 saturated heterocycles. The van der Waals surface area contributed by atoms with Crippen LogP contribution in [0.2, 0.25) is 0 Å². The number of hydrogen-bond donors (Lipinski definition) is 2. The molecule has 0 bridgehead atoms. The highest BCUT2D eigenvalue weighted by atomic mass is 35.5. The molecule has 0 aliphatic carbocycles. The topological polar surface area (TPSA) is 55.5 Å². The Kier molecular flexibility index (Phi) is 4.03. The molecule has 0 fully saturated rings. The molecule has 0 atom stereocenters. The van der Waals surface area contributed by atoms with Gasteiger partial charge in [0.25, 0.3) is 0 Å². The summed E-state index contributed by atoms with van der Waals surface area (Å²) in [6, 6.07) is 0. The van der Waals surface area contributed by atoms with E-state index in [4.69, 9.17) is 22.7 Å². The Morgan fingerprint density at radius 3 is 2.50 bits per heavy atom. The first-order chi connectivity index (χ1) is 4.57. The van der Waals surface area contributed by atoms with Crippen molar-refractivity contribution in [2.75, 3.05) is 0 Å². The summed E-state index contributed by atoms with van der Waals surface area (Å²) in [6.07, 6.45) is 0.582. The molecular weight excluding hydrogens is 154 g/mol.